The van der Waals surface area contributed by atoms with E-state index in [-0.39, 0.29) is 0 Å². The van der Waals surface area contributed by atoms with Crippen molar-refractivity contribution in [1.82, 2.24) is 5.32 Å². The van der Waals surface area contributed by atoms with Crippen LogP contribution in [-0.4, -0.2) is 13.3 Å². The van der Waals surface area contributed by atoms with Crippen LogP contribution in [0.2, 0.25) is 0 Å². The molecule has 0 radical (unpaired) electrons. The topological polar surface area (TPSA) is 30.5 Å². The van der Waals surface area contributed by atoms with Crippen LogP contribution >= 0.6 is 0 Å². The molecule has 0 amide bonds. The molecule has 0 aromatic heterocycles. The average Bonchev–Trinajstić information content (AvgIpc) is 2.27. The van der Waals surface area contributed by atoms with E-state index in [2.05, 4.69) is 5.32 Å². The Morgan fingerprint density at radius 1 is 1.27 bits per heavy atom. The van der Waals surface area contributed by atoms with E-state index in [0.29, 0.717) is 13.3 Å². The van der Waals surface area contributed by atoms with Crippen LogP contribution in [0.25, 0.3) is 0 Å². The smallest absolute Gasteiger partial charge is 0.152 e. The lowest BCUT2D eigenvalue weighted by atomic mass is 10.2. The lowest BCUT2D eigenvalue weighted by Crippen LogP contribution is -2.14. The van der Waals surface area contributed by atoms with Crippen molar-refractivity contribution in [3.05, 3.63) is 23.4 Å². The summed E-state index contributed by atoms with van der Waals surface area (Å²) in [5, 5.41) is 3.08. The lowest BCUT2D eigenvalue weighted by molar-refractivity contribution is -0.286. The third-order valence-corrected chi connectivity index (χ3v) is 1.60. The predicted octanol–water partition coefficient (Wildman–Crippen LogP) is 1.35. The Morgan fingerprint density at radius 2 is 2.09 bits per heavy atom. The Hall–Kier alpha value is -0.800. The number of hydrogen-bond donors (Lipinski definition) is 1. The minimum Gasteiger partial charge on any atom is -0.360 e. The molecule has 0 aliphatic carbocycles. The zero-order chi connectivity index (χ0) is 8.10. The molecule has 1 N–H and O–H groups in total. The van der Waals surface area contributed by atoms with E-state index >= 15 is 0 Å². The number of allylic oxidation sites excluding steroid dienone is 2. The van der Waals surface area contributed by atoms with Crippen molar-refractivity contribution in [3.63, 3.8) is 0 Å². The molecule has 0 aromatic carbocycles. The lowest BCUT2D eigenvalue weighted by Gasteiger charge is -2.04. The highest BCUT2D eigenvalue weighted by Crippen LogP contribution is 2.09. The number of hydrogen-bond acceptors (Lipinski definition) is 3. The van der Waals surface area contributed by atoms with E-state index in [0.717, 1.165) is 11.3 Å². The summed E-state index contributed by atoms with van der Waals surface area (Å²) in [7, 11) is 0. The first-order valence-electron chi connectivity index (χ1n) is 3.68. The molecular formula is C8H13NO2. The van der Waals surface area contributed by atoms with Gasteiger partial charge >= 0.3 is 0 Å². The van der Waals surface area contributed by atoms with Gasteiger partial charge in [-0.3, -0.25) is 0 Å². The van der Waals surface area contributed by atoms with Crippen molar-refractivity contribution >= 4 is 0 Å². The molecule has 0 spiro atoms. The van der Waals surface area contributed by atoms with Gasteiger partial charge in [0.2, 0.25) is 0 Å². The SMILES string of the molecule is C/C=C1/COOCN/C1=C/C. The van der Waals surface area contributed by atoms with Crippen LogP contribution < -0.4 is 5.32 Å². The summed E-state index contributed by atoms with van der Waals surface area (Å²) in [6.07, 6.45) is 4.02. The van der Waals surface area contributed by atoms with Gasteiger partial charge < -0.3 is 5.32 Å². The monoisotopic (exact) mass is 155 g/mol. The highest BCUT2D eigenvalue weighted by atomic mass is 17.2. The Morgan fingerprint density at radius 3 is 2.73 bits per heavy atom. The highest BCUT2D eigenvalue weighted by Gasteiger charge is 2.07. The Bertz CT molecular complexity index is 165. The second-order valence-corrected chi connectivity index (χ2v) is 2.22. The molecule has 0 unspecified atom stereocenters. The summed E-state index contributed by atoms with van der Waals surface area (Å²) in [5.74, 6) is 0. The van der Waals surface area contributed by atoms with Crippen molar-refractivity contribution in [3.8, 4) is 0 Å². The van der Waals surface area contributed by atoms with Gasteiger partial charge in [0, 0.05) is 5.70 Å². The first-order chi connectivity index (χ1) is 5.38. The van der Waals surface area contributed by atoms with Crippen LogP contribution in [-0.2, 0) is 9.78 Å². The summed E-state index contributed by atoms with van der Waals surface area (Å²) in [4.78, 5) is 9.62. The fourth-order valence-electron chi connectivity index (χ4n) is 0.972. The van der Waals surface area contributed by atoms with Gasteiger partial charge in [0.05, 0.1) is 0 Å². The Labute approximate surface area is 66.6 Å². The molecule has 1 aliphatic rings. The molecule has 3 nitrogen and oxygen atoms in total. The van der Waals surface area contributed by atoms with Gasteiger partial charge in [0.25, 0.3) is 0 Å². The fourth-order valence-corrected chi connectivity index (χ4v) is 0.972. The van der Waals surface area contributed by atoms with Crippen LogP contribution in [0.3, 0.4) is 0 Å². The van der Waals surface area contributed by atoms with Gasteiger partial charge in [0.1, 0.15) is 6.61 Å². The maximum Gasteiger partial charge on any atom is 0.152 e. The van der Waals surface area contributed by atoms with Crippen molar-refractivity contribution in [1.29, 1.82) is 0 Å². The van der Waals surface area contributed by atoms with E-state index < -0.39 is 0 Å². The van der Waals surface area contributed by atoms with Crippen LogP contribution in [0.1, 0.15) is 13.8 Å². The minimum atomic E-state index is 0.414. The third kappa shape index (κ3) is 2.06. The summed E-state index contributed by atoms with van der Waals surface area (Å²) < 4.78 is 0. The average molecular weight is 155 g/mol. The zero-order valence-electron chi connectivity index (χ0n) is 6.89. The van der Waals surface area contributed by atoms with Crippen molar-refractivity contribution < 1.29 is 9.78 Å². The molecule has 11 heavy (non-hydrogen) atoms. The molecule has 0 bridgehead atoms. The van der Waals surface area contributed by atoms with Gasteiger partial charge in [-0.15, -0.1) is 0 Å². The van der Waals surface area contributed by atoms with Gasteiger partial charge in [-0.25, -0.2) is 9.78 Å². The molecule has 1 fully saturated rings. The highest BCUT2D eigenvalue weighted by molar-refractivity contribution is 5.28. The first kappa shape index (κ1) is 8.30. The predicted molar refractivity (Wildman–Crippen MR) is 42.6 cm³/mol. The fraction of sp³-hybridized carbons (Fsp3) is 0.500. The molecule has 0 atom stereocenters. The van der Waals surface area contributed by atoms with E-state index in [1.165, 1.54) is 0 Å². The van der Waals surface area contributed by atoms with Crippen molar-refractivity contribution in [2.24, 2.45) is 0 Å². The molecule has 62 valence electrons. The third-order valence-electron chi connectivity index (χ3n) is 1.60. The summed E-state index contributed by atoms with van der Waals surface area (Å²) in [5.41, 5.74) is 2.22. The minimum absolute atomic E-state index is 0.414. The van der Waals surface area contributed by atoms with Crippen LogP contribution in [0, 0.1) is 0 Å². The maximum atomic E-state index is 4.86. The van der Waals surface area contributed by atoms with Gasteiger partial charge in [-0.1, -0.05) is 12.2 Å². The first-order valence-corrected chi connectivity index (χ1v) is 3.68. The standard InChI is InChI=1S/C8H13NO2/c1-3-7-5-10-11-6-9-8(7)4-2/h3-4,9H,5-6H2,1-2H3/b7-3-,8-4+. The molecule has 3 heteroatoms. The quantitative estimate of drug-likeness (QED) is 0.535. The van der Waals surface area contributed by atoms with E-state index in [9.17, 15) is 0 Å². The number of nitrogens with one attached hydrogen (secondary N) is 1. The van der Waals surface area contributed by atoms with Gasteiger partial charge in [-0.2, -0.15) is 0 Å². The Balaban J connectivity index is 2.71. The van der Waals surface area contributed by atoms with Crippen LogP contribution in [0.15, 0.2) is 23.4 Å². The second kappa shape index (κ2) is 4.16. The molecular weight excluding hydrogens is 142 g/mol. The summed E-state index contributed by atoms with van der Waals surface area (Å²) >= 11 is 0. The molecule has 1 saturated heterocycles. The Kier molecular flexibility index (Phi) is 3.14. The molecule has 1 rings (SSSR count). The van der Waals surface area contributed by atoms with E-state index in [1.54, 1.807) is 0 Å². The summed E-state index contributed by atoms with van der Waals surface area (Å²) in [6.45, 7) is 4.90. The van der Waals surface area contributed by atoms with E-state index in [4.69, 9.17) is 9.78 Å². The van der Waals surface area contributed by atoms with Crippen LogP contribution in [0.4, 0.5) is 0 Å². The largest absolute Gasteiger partial charge is 0.360 e. The maximum absolute atomic E-state index is 4.86. The van der Waals surface area contributed by atoms with Crippen molar-refractivity contribution in [2.75, 3.05) is 13.3 Å². The van der Waals surface area contributed by atoms with Gasteiger partial charge in [-0.05, 0) is 19.4 Å². The molecule has 1 aliphatic heterocycles. The zero-order valence-corrected chi connectivity index (χ0v) is 6.89. The normalized spacial score (nSPS) is 26.7. The molecule has 1 heterocycles. The molecule has 0 saturated carbocycles. The van der Waals surface area contributed by atoms with E-state index in [1.807, 2.05) is 26.0 Å². The number of rotatable bonds is 0. The second-order valence-electron chi connectivity index (χ2n) is 2.22. The van der Waals surface area contributed by atoms with Crippen LogP contribution in [0.5, 0.6) is 0 Å². The molecule has 0 aromatic rings. The summed E-state index contributed by atoms with van der Waals surface area (Å²) in [6, 6.07) is 0. The van der Waals surface area contributed by atoms with Crippen molar-refractivity contribution in [2.45, 2.75) is 13.8 Å². The van der Waals surface area contributed by atoms with Gasteiger partial charge in [0.15, 0.2) is 6.73 Å².